The molecule has 1 aromatic carbocycles. The van der Waals surface area contributed by atoms with E-state index >= 15 is 0 Å². The lowest BCUT2D eigenvalue weighted by Crippen LogP contribution is -2.38. The Labute approximate surface area is 110 Å². The highest BCUT2D eigenvalue weighted by Crippen LogP contribution is 2.31. The number of hydrogen-bond donors (Lipinski definition) is 1. The van der Waals surface area contributed by atoms with Crippen LogP contribution in [0.2, 0.25) is 5.02 Å². The first-order chi connectivity index (χ1) is 7.34. The van der Waals surface area contributed by atoms with Crippen molar-refractivity contribution in [3.8, 4) is 5.75 Å². The van der Waals surface area contributed by atoms with Crippen LogP contribution in [0.3, 0.4) is 0 Å². The fraction of sp³-hybridized carbons (Fsp3) is 0.500. The number of benzene rings is 1. The van der Waals surface area contributed by atoms with Crippen molar-refractivity contribution in [1.82, 2.24) is 0 Å². The molecule has 4 heteroatoms. The van der Waals surface area contributed by atoms with Crippen LogP contribution in [0.5, 0.6) is 5.75 Å². The Morgan fingerprint density at radius 3 is 2.56 bits per heavy atom. The van der Waals surface area contributed by atoms with E-state index in [2.05, 4.69) is 36.7 Å². The second kappa shape index (κ2) is 5.39. The van der Waals surface area contributed by atoms with Gasteiger partial charge in [-0.15, -0.1) is 0 Å². The maximum Gasteiger partial charge on any atom is 0.139 e. The summed E-state index contributed by atoms with van der Waals surface area (Å²) in [6.45, 7) is 6.75. The van der Waals surface area contributed by atoms with Crippen molar-refractivity contribution in [2.75, 3.05) is 6.54 Å². The lowest BCUT2D eigenvalue weighted by molar-refractivity contribution is 0.0942. The number of rotatable bonds is 3. The Morgan fingerprint density at radius 1 is 1.44 bits per heavy atom. The molecule has 0 aromatic heterocycles. The van der Waals surface area contributed by atoms with Crippen LogP contribution in [-0.2, 0) is 0 Å². The summed E-state index contributed by atoms with van der Waals surface area (Å²) >= 11 is 9.45. The Hall–Kier alpha value is -0.250. The number of halogens is 2. The fourth-order valence-electron chi connectivity index (χ4n) is 1.30. The van der Waals surface area contributed by atoms with Gasteiger partial charge in [-0.3, -0.25) is 0 Å². The zero-order chi connectivity index (χ0) is 12.3. The molecular formula is C12H17BrClNO. The maximum absolute atomic E-state index is 6.06. The van der Waals surface area contributed by atoms with Crippen LogP contribution in [0.1, 0.15) is 20.8 Å². The second-order valence-corrected chi connectivity index (χ2v) is 6.11. The molecule has 0 aliphatic carbocycles. The van der Waals surface area contributed by atoms with Crippen LogP contribution in [0.15, 0.2) is 22.7 Å². The highest BCUT2D eigenvalue weighted by Gasteiger charge is 2.25. The molecule has 1 atom stereocenters. The van der Waals surface area contributed by atoms with Gasteiger partial charge < -0.3 is 10.5 Å². The highest BCUT2D eigenvalue weighted by molar-refractivity contribution is 9.10. The molecule has 0 heterocycles. The van der Waals surface area contributed by atoms with Crippen molar-refractivity contribution in [3.05, 3.63) is 27.7 Å². The van der Waals surface area contributed by atoms with E-state index in [1.54, 1.807) is 6.07 Å². The summed E-state index contributed by atoms with van der Waals surface area (Å²) in [5, 5.41) is 0.603. The predicted octanol–water partition coefficient (Wildman–Crippen LogP) is 3.85. The van der Waals surface area contributed by atoms with Crippen molar-refractivity contribution in [2.45, 2.75) is 26.9 Å². The summed E-state index contributed by atoms with van der Waals surface area (Å²) in [6.07, 6.45) is -0.0562. The predicted molar refractivity (Wildman–Crippen MR) is 72.1 cm³/mol. The van der Waals surface area contributed by atoms with Crippen LogP contribution in [0.25, 0.3) is 0 Å². The number of nitrogens with two attached hydrogens (primary N) is 1. The molecule has 1 rings (SSSR count). The van der Waals surface area contributed by atoms with E-state index in [0.717, 1.165) is 4.47 Å². The van der Waals surface area contributed by atoms with Gasteiger partial charge in [0.05, 0.1) is 5.02 Å². The summed E-state index contributed by atoms with van der Waals surface area (Å²) in [6, 6.07) is 5.54. The monoisotopic (exact) mass is 305 g/mol. The minimum Gasteiger partial charge on any atom is -0.487 e. The fourth-order valence-corrected chi connectivity index (χ4v) is 1.80. The molecule has 2 N–H and O–H groups in total. The van der Waals surface area contributed by atoms with Gasteiger partial charge in [0, 0.05) is 16.4 Å². The van der Waals surface area contributed by atoms with E-state index in [1.165, 1.54) is 0 Å². The minimum atomic E-state index is -0.0562. The normalized spacial score (nSPS) is 13.6. The summed E-state index contributed by atoms with van der Waals surface area (Å²) in [5.41, 5.74) is 5.70. The molecular weight excluding hydrogens is 289 g/mol. The quantitative estimate of drug-likeness (QED) is 0.920. The third-order valence-electron chi connectivity index (χ3n) is 2.34. The first kappa shape index (κ1) is 13.8. The van der Waals surface area contributed by atoms with Gasteiger partial charge in [0.15, 0.2) is 0 Å². The van der Waals surface area contributed by atoms with Crippen molar-refractivity contribution < 1.29 is 4.74 Å². The first-order valence-electron chi connectivity index (χ1n) is 5.16. The molecule has 0 fully saturated rings. The molecule has 1 unspecified atom stereocenters. The van der Waals surface area contributed by atoms with Crippen molar-refractivity contribution >= 4 is 27.5 Å². The standard InChI is InChI=1S/C12H17BrClNO/c1-12(2,3)11(7-15)16-10-6-8(13)4-5-9(10)14/h4-6,11H,7,15H2,1-3H3. The lowest BCUT2D eigenvalue weighted by Gasteiger charge is -2.30. The minimum absolute atomic E-state index is 0.0135. The second-order valence-electron chi connectivity index (χ2n) is 4.78. The van der Waals surface area contributed by atoms with E-state index in [9.17, 15) is 0 Å². The smallest absolute Gasteiger partial charge is 0.139 e. The number of ether oxygens (including phenoxy) is 1. The van der Waals surface area contributed by atoms with Gasteiger partial charge in [-0.25, -0.2) is 0 Å². The van der Waals surface area contributed by atoms with Crippen LogP contribution >= 0.6 is 27.5 Å². The van der Waals surface area contributed by atoms with Crippen molar-refractivity contribution in [2.24, 2.45) is 11.1 Å². The zero-order valence-electron chi connectivity index (χ0n) is 9.76. The number of hydrogen-bond acceptors (Lipinski definition) is 2. The van der Waals surface area contributed by atoms with Gasteiger partial charge in [-0.1, -0.05) is 48.3 Å². The maximum atomic E-state index is 6.06. The molecule has 1 aromatic rings. The third-order valence-corrected chi connectivity index (χ3v) is 3.15. The lowest BCUT2D eigenvalue weighted by atomic mass is 9.89. The SMILES string of the molecule is CC(C)(C)C(CN)Oc1cc(Br)ccc1Cl. The Balaban J connectivity index is 2.90. The van der Waals surface area contributed by atoms with E-state index in [4.69, 9.17) is 22.1 Å². The zero-order valence-corrected chi connectivity index (χ0v) is 12.1. The summed E-state index contributed by atoms with van der Waals surface area (Å²) in [4.78, 5) is 0. The van der Waals surface area contributed by atoms with E-state index < -0.39 is 0 Å². The van der Waals surface area contributed by atoms with E-state index in [-0.39, 0.29) is 11.5 Å². The van der Waals surface area contributed by atoms with E-state index in [0.29, 0.717) is 17.3 Å². The van der Waals surface area contributed by atoms with Crippen molar-refractivity contribution in [1.29, 1.82) is 0 Å². The Morgan fingerprint density at radius 2 is 2.06 bits per heavy atom. The van der Waals surface area contributed by atoms with Gasteiger partial charge in [-0.05, 0) is 18.2 Å². The van der Waals surface area contributed by atoms with Crippen LogP contribution < -0.4 is 10.5 Å². The molecule has 16 heavy (non-hydrogen) atoms. The van der Waals surface area contributed by atoms with Gasteiger partial charge in [0.2, 0.25) is 0 Å². The molecule has 0 spiro atoms. The molecule has 0 radical (unpaired) electrons. The topological polar surface area (TPSA) is 35.2 Å². The van der Waals surface area contributed by atoms with Gasteiger partial charge >= 0.3 is 0 Å². The average molecular weight is 307 g/mol. The highest BCUT2D eigenvalue weighted by atomic mass is 79.9. The molecule has 0 aliphatic rings. The summed E-state index contributed by atoms with van der Waals surface area (Å²) in [7, 11) is 0. The van der Waals surface area contributed by atoms with Crippen LogP contribution in [-0.4, -0.2) is 12.6 Å². The van der Waals surface area contributed by atoms with E-state index in [1.807, 2.05) is 12.1 Å². The molecule has 90 valence electrons. The van der Waals surface area contributed by atoms with Crippen LogP contribution in [0.4, 0.5) is 0 Å². The molecule has 0 aliphatic heterocycles. The molecule has 0 saturated heterocycles. The molecule has 0 amide bonds. The van der Waals surface area contributed by atoms with Gasteiger partial charge in [0.25, 0.3) is 0 Å². The summed E-state index contributed by atoms with van der Waals surface area (Å²) < 4.78 is 6.79. The largest absolute Gasteiger partial charge is 0.487 e. The van der Waals surface area contributed by atoms with Gasteiger partial charge in [0.1, 0.15) is 11.9 Å². The van der Waals surface area contributed by atoms with Crippen LogP contribution in [0, 0.1) is 5.41 Å². The Kier molecular flexibility index (Phi) is 4.65. The Bertz CT molecular complexity index is 363. The van der Waals surface area contributed by atoms with Gasteiger partial charge in [-0.2, -0.15) is 0 Å². The molecule has 0 bridgehead atoms. The summed E-state index contributed by atoms with van der Waals surface area (Å²) in [5.74, 6) is 0.668. The first-order valence-corrected chi connectivity index (χ1v) is 6.33. The van der Waals surface area contributed by atoms with Crippen molar-refractivity contribution in [3.63, 3.8) is 0 Å². The molecule has 0 saturated carbocycles. The third kappa shape index (κ3) is 3.65. The average Bonchev–Trinajstić information content (AvgIpc) is 2.17. The molecule has 2 nitrogen and oxygen atoms in total.